The van der Waals surface area contributed by atoms with Crippen LogP contribution in [0.5, 0.6) is 0 Å². The molecule has 2 N–H and O–H groups in total. The van der Waals surface area contributed by atoms with E-state index in [4.69, 9.17) is 0 Å². The van der Waals surface area contributed by atoms with Crippen LogP contribution in [0, 0.1) is 0 Å². The highest BCUT2D eigenvalue weighted by Crippen LogP contribution is 2.44. The number of amides is 1. The van der Waals surface area contributed by atoms with E-state index in [1.54, 1.807) is 0 Å². The molecule has 0 bridgehead atoms. The maximum absolute atomic E-state index is 12.7. The summed E-state index contributed by atoms with van der Waals surface area (Å²) in [7, 11) is 0. The van der Waals surface area contributed by atoms with Gasteiger partial charge in [0.1, 0.15) is 5.69 Å². The second kappa shape index (κ2) is 9.81. The van der Waals surface area contributed by atoms with Crippen LogP contribution in [-0.2, 0) is 0 Å². The highest BCUT2D eigenvalue weighted by Gasteiger charge is 2.35. The van der Waals surface area contributed by atoms with Gasteiger partial charge in [-0.25, -0.2) is 0 Å². The summed E-state index contributed by atoms with van der Waals surface area (Å²) in [5.74, 6) is -0.0579. The summed E-state index contributed by atoms with van der Waals surface area (Å²) in [5, 5.41) is 11.1. The van der Waals surface area contributed by atoms with Gasteiger partial charge in [0, 0.05) is 28.9 Å². The van der Waals surface area contributed by atoms with Gasteiger partial charge in [0.05, 0.1) is 6.04 Å². The van der Waals surface area contributed by atoms with Crippen LogP contribution in [0.3, 0.4) is 0 Å². The van der Waals surface area contributed by atoms with E-state index in [2.05, 4.69) is 40.0 Å². The summed E-state index contributed by atoms with van der Waals surface area (Å²) < 4.78 is 2.05. The van der Waals surface area contributed by atoms with Gasteiger partial charge in [0.2, 0.25) is 0 Å². The Kier molecular flexibility index (Phi) is 7.43. The third kappa shape index (κ3) is 5.10. The molecule has 152 valence electrons. The van der Waals surface area contributed by atoms with Gasteiger partial charge in [0.15, 0.2) is 0 Å². The number of nitrogens with zero attached hydrogens (tertiary/aromatic N) is 2. The van der Waals surface area contributed by atoms with Crippen molar-refractivity contribution in [2.45, 2.75) is 54.2 Å². The lowest BCUT2D eigenvalue weighted by Crippen LogP contribution is -2.39. The zero-order valence-electron chi connectivity index (χ0n) is 16.1. The van der Waals surface area contributed by atoms with E-state index in [0.29, 0.717) is 18.3 Å². The van der Waals surface area contributed by atoms with Gasteiger partial charge in [-0.05, 0) is 50.4 Å². The fraction of sp³-hybridized carbons (Fsp3) is 0.524. The van der Waals surface area contributed by atoms with Crippen molar-refractivity contribution in [3.8, 4) is 0 Å². The lowest BCUT2D eigenvalue weighted by Gasteiger charge is -2.28. The molecular formula is C21H29ClN4OS. The first-order chi connectivity index (χ1) is 13.2. The fourth-order valence-electron chi connectivity index (χ4n) is 4.13. The Labute approximate surface area is 177 Å². The second-order valence-corrected chi connectivity index (χ2v) is 9.21. The van der Waals surface area contributed by atoms with Crippen LogP contribution in [0.1, 0.15) is 55.1 Å². The van der Waals surface area contributed by atoms with E-state index >= 15 is 0 Å². The van der Waals surface area contributed by atoms with Gasteiger partial charge < -0.3 is 10.6 Å². The highest BCUT2D eigenvalue weighted by atomic mass is 35.5. The molecule has 2 heterocycles. The molecule has 28 heavy (non-hydrogen) atoms. The quantitative estimate of drug-likeness (QED) is 0.739. The monoisotopic (exact) mass is 420 g/mol. The zero-order chi connectivity index (χ0) is 18.5. The molecule has 1 aromatic heterocycles. The zero-order valence-corrected chi connectivity index (χ0v) is 17.7. The molecule has 1 unspecified atom stereocenters. The second-order valence-electron chi connectivity index (χ2n) is 7.67. The predicted octanol–water partition coefficient (Wildman–Crippen LogP) is 4.06. The third-order valence-electron chi connectivity index (χ3n) is 5.65. The summed E-state index contributed by atoms with van der Waals surface area (Å²) in [6.45, 7) is 2.70. The average Bonchev–Trinajstić information content (AvgIpc) is 3.38. The minimum Gasteiger partial charge on any atom is -0.349 e. The highest BCUT2D eigenvalue weighted by molar-refractivity contribution is 8.00. The van der Waals surface area contributed by atoms with Crippen molar-refractivity contribution in [2.24, 2.45) is 0 Å². The molecular weight excluding hydrogens is 392 g/mol. The van der Waals surface area contributed by atoms with Crippen molar-refractivity contribution >= 4 is 30.1 Å². The molecule has 1 aliphatic heterocycles. The fourth-order valence-corrected chi connectivity index (χ4v) is 5.56. The Morgan fingerprint density at radius 1 is 1.21 bits per heavy atom. The number of hydrogen-bond acceptors (Lipinski definition) is 4. The number of nitrogens with one attached hydrogen (secondary N) is 2. The molecule has 2 fully saturated rings. The first-order valence-corrected chi connectivity index (χ1v) is 10.8. The number of piperidine rings is 1. The van der Waals surface area contributed by atoms with Gasteiger partial charge in [-0.3, -0.25) is 9.48 Å². The van der Waals surface area contributed by atoms with Crippen LogP contribution in [0.2, 0.25) is 0 Å². The molecule has 1 saturated carbocycles. The molecule has 5 nitrogen and oxygen atoms in total. The molecule has 1 saturated heterocycles. The summed E-state index contributed by atoms with van der Waals surface area (Å²) in [6.07, 6.45) is 8.98. The van der Waals surface area contributed by atoms with E-state index in [1.165, 1.54) is 17.7 Å². The summed E-state index contributed by atoms with van der Waals surface area (Å²) in [5.41, 5.74) is 0.526. The average molecular weight is 421 g/mol. The summed E-state index contributed by atoms with van der Waals surface area (Å²) in [6, 6.07) is 12.7. The van der Waals surface area contributed by atoms with Gasteiger partial charge in [0.25, 0.3) is 5.91 Å². The van der Waals surface area contributed by atoms with Crippen LogP contribution < -0.4 is 10.6 Å². The number of rotatable bonds is 6. The Morgan fingerprint density at radius 3 is 2.71 bits per heavy atom. The Bertz CT molecular complexity index is 755. The Morgan fingerprint density at radius 2 is 2.00 bits per heavy atom. The Hall–Kier alpha value is -1.50. The molecule has 0 spiro atoms. The van der Waals surface area contributed by atoms with E-state index in [-0.39, 0.29) is 23.1 Å². The standard InChI is InChI=1S/C21H28N4OS.ClH/c26-20(19-10-14-25(24-19)17-7-6-13-22-15-17)23-16-21(11-4-5-12-21)27-18-8-2-1-3-9-18;/h1-3,8-10,14,17,22H,4-7,11-13,15-16H2,(H,23,26);1H. The van der Waals surface area contributed by atoms with Crippen LogP contribution in [0.15, 0.2) is 47.5 Å². The van der Waals surface area contributed by atoms with E-state index < -0.39 is 0 Å². The maximum atomic E-state index is 12.7. The van der Waals surface area contributed by atoms with Crippen LogP contribution >= 0.6 is 24.2 Å². The van der Waals surface area contributed by atoms with Crippen molar-refractivity contribution in [2.75, 3.05) is 19.6 Å². The molecule has 4 rings (SSSR count). The van der Waals surface area contributed by atoms with Gasteiger partial charge in [-0.2, -0.15) is 5.10 Å². The van der Waals surface area contributed by atoms with Crippen LogP contribution in [-0.4, -0.2) is 40.1 Å². The topological polar surface area (TPSA) is 59.0 Å². The minimum absolute atomic E-state index is 0. The number of hydrogen-bond donors (Lipinski definition) is 2. The van der Waals surface area contributed by atoms with E-state index in [1.807, 2.05) is 34.8 Å². The third-order valence-corrected chi connectivity index (χ3v) is 7.14. The van der Waals surface area contributed by atoms with Gasteiger partial charge >= 0.3 is 0 Å². The number of aromatic nitrogens is 2. The lowest BCUT2D eigenvalue weighted by atomic mass is 10.1. The SMILES string of the molecule is Cl.O=C(NCC1(Sc2ccccc2)CCCC1)c1ccn(C2CCCNC2)n1. The predicted molar refractivity (Wildman–Crippen MR) is 116 cm³/mol. The number of carbonyl (C=O) groups excluding carboxylic acids is 1. The summed E-state index contributed by atoms with van der Waals surface area (Å²) >= 11 is 1.92. The van der Waals surface area contributed by atoms with Crippen LogP contribution in [0.25, 0.3) is 0 Å². The molecule has 7 heteroatoms. The van der Waals surface area contributed by atoms with Crippen molar-refractivity contribution in [3.05, 3.63) is 48.3 Å². The van der Waals surface area contributed by atoms with Gasteiger partial charge in [-0.15, -0.1) is 24.2 Å². The summed E-state index contributed by atoms with van der Waals surface area (Å²) in [4.78, 5) is 14.0. The first kappa shape index (κ1) is 21.2. The number of carbonyl (C=O) groups is 1. The van der Waals surface area contributed by atoms with Crippen molar-refractivity contribution in [1.82, 2.24) is 20.4 Å². The molecule has 2 aliphatic rings. The van der Waals surface area contributed by atoms with Crippen molar-refractivity contribution < 1.29 is 4.79 Å². The minimum atomic E-state index is -0.0579. The van der Waals surface area contributed by atoms with Crippen molar-refractivity contribution in [3.63, 3.8) is 0 Å². The number of thioether (sulfide) groups is 1. The smallest absolute Gasteiger partial charge is 0.271 e. The van der Waals surface area contributed by atoms with Crippen molar-refractivity contribution in [1.29, 1.82) is 0 Å². The normalized spacial score (nSPS) is 21.1. The number of benzene rings is 1. The lowest BCUT2D eigenvalue weighted by molar-refractivity contribution is 0.0943. The molecule has 1 amide bonds. The molecule has 1 atom stereocenters. The first-order valence-electron chi connectivity index (χ1n) is 10.0. The Balaban J connectivity index is 0.00000225. The molecule has 1 aliphatic carbocycles. The van der Waals surface area contributed by atoms with E-state index in [9.17, 15) is 4.79 Å². The molecule has 0 radical (unpaired) electrons. The molecule has 1 aromatic carbocycles. The largest absolute Gasteiger partial charge is 0.349 e. The maximum Gasteiger partial charge on any atom is 0.271 e. The van der Waals surface area contributed by atoms with Crippen LogP contribution in [0.4, 0.5) is 0 Å². The molecule has 2 aromatic rings. The van der Waals surface area contributed by atoms with E-state index in [0.717, 1.165) is 38.8 Å². The number of halogens is 1. The van der Waals surface area contributed by atoms with Gasteiger partial charge in [-0.1, -0.05) is 31.0 Å².